The Morgan fingerprint density at radius 3 is 2.13 bits per heavy atom. The van der Waals surface area contributed by atoms with Gasteiger partial charge in [0.1, 0.15) is 32.7 Å². The van der Waals surface area contributed by atoms with Crippen molar-refractivity contribution >= 4 is 17.8 Å². The predicted molar refractivity (Wildman–Crippen MR) is 112 cm³/mol. The minimum Gasteiger partial charge on any atom is -0.465 e. The second-order valence-electron chi connectivity index (χ2n) is 9.44. The highest BCUT2D eigenvalue weighted by Gasteiger charge is 2.59. The molecule has 0 radical (unpaired) electrons. The zero-order valence-electron chi connectivity index (χ0n) is 18.0. The van der Waals surface area contributed by atoms with Crippen molar-refractivity contribution in [1.29, 1.82) is 0 Å². The summed E-state index contributed by atoms with van der Waals surface area (Å²) in [6, 6.07) is 7.65. The van der Waals surface area contributed by atoms with Crippen molar-refractivity contribution in [2.24, 2.45) is 23.7 Å². The van der Waals surface area contributed by atoms with Gasteiger partial charge in [-0.05, 0) is 30.4 Å². The van der Waals surface area contributed by atoms with Gasteiger partial charge in [0.15, 0.2) is 0 Å². The van der Waals surface area contributed by atoms with E-state index in [0.29, 0.717) is 12.1 Å². The number of allylic oxidation sites excluding steroid dienone is 2. The molecule has 3 fully saturated rings. The largest absolute Gasteiger partial charge is 0.465 e. The first kappa shape index (κ1) is 20.4. The highest BCUT2D eigenvalue weighted by molar-refractivity contribution is 6.06. The Morgan fingerprint density at radius 2 is 1.55 bits per heavy atom. The number of nitrogens with one attached hydrogen (secondary N) is 2. The van der Waals surface area contributed by atoms with Crippen LogP contribution in [0.1, 0.15) is 22.3 Å². The Balaban J connectivity index is 1.08. The number of carbonyl (C=O) groups is 3. The maximum Gasteiger partial charge on any atom is 0.337 e. The van der Waals surface area contributed by atoms with E-state index in [4.69, 9.17) is 4.74 Å². The fraction of sp³-hybridized carbons (Fsp3) is 0.542. The van der Waals surface area contributed by atoms with Gasteiger partial charge < -0.3 is 14.5 Å². The molecule has 0 spiro atoms. The van der Waals surface area contributed by atoms with Crippen LogP contribution in [0, 0.1) is 23.7 Å². The first-order valence-corrected chi connectivity index (χ1v) is 11.4. The molecule has 2 aliphatic heterocycles. The predicted octanol–water partition coefficient (Wildman–Crippen LogP) is -1.44. The molecule has 2 aliphatic carbocycles. The number of benzene rings is 1. The second-order valence-corrected chi connectivity index (χ2v) is 9.44. The van der Waals surface area contributed by atoms with Crippen LogP contribution in [0.25, 0.3) is 0 Å². The van der Waals surface area contributed by atoms with Crippen molar-refractivity contribution in [2.45, 2.75) is 13.0 Å². The van der Waals surface area contributed by atoms with E-state index in [1.54, 1.807) is 4.90 Å². The number of nitrogens with zero attached hydrogens (tertiary/aromatic N) is 1. The molecular weight excluding hydrogens is 394 g/mol. The minimum atomic E-state index is -0.307. The van der Waals surface area contributed by atoms with Crippen LogP contribution in [0.15, 0.2) is 36.4 Å². The number of hydrogen-bond acceptors (Lipinski definition) is 4. The summed E-state index contributed by atoms with van der Waals surface area (Å²) in [7, 11) is 1.39. The van der Waals surface area contributed by atoms with Crippen LogP contribution >= 0.6 is 0 Å². The molecule has 0 unspecified atom stereocenters. The molecule has 1 aromatic rings. The quantitative estimate of drug-likeness (QED) is 0.333. The SMILES string of the molecule is COC(=O)c1ccc(C[NH+]2CC[NH+](CCN3C(=O)[C@@H]4[C@H](C3=O)[C@H]3C=C[C@@H]4C3)CC2)cc1. The zero-order chi connectivity index (χ0) is 21.5. The van der Waals surface area contributed by atoms with Crippen molar-refractivity contribution in [1.82, 2.24) is 4.90 Å². The molecule has 1 aromatic carbocycles. The molecule has 7 heteroatoms. The Bertz CT molecular complexity index is 874. The lowest BCUT2D eigenvalue weighted by atomic mass is 9.85. The summed E-state index contributed by atoms with van der Waals surface area (Å²) in [5.74, 6) is 0.263. The molecule has 0 aromatic heterocycles. The third-order valence-corrected chi connectivity index (χ3v) is 7.74. The molecule has 2 heterocycles. The Hall–Kier alpha value is -2.51. The average molecular weight is 426 g/mol. The number of fused-ring (bicyclic) bond motifs is 5. The van der Waals surface area contributed by atoms with Crippen molar-refractivity contribution < 1.29 is 28.9 Å². The smallest absolute Gasteiger partial charge is 0.337 e. The fourth-order valence-electron chi connectivity index (χ4n) is 6.00. The van der Waals surface area contributed by atoms with E-state index in [0.717, 1.165) is 45.7 Å². The molecule has 4 atom stereocenters. The van der Waals surface area contributed by atoms with Gasteiger partial charge in [-0.15, -0.1) is 0 Å². The Labute approximate surface area is 182 Å². The number of rotatable bonds is 6. The van der Waals surface area contributed by atoms with Crippen LogP contribution in [-0.2, 0) is 20.9 Å². The lowest BCUT2D eigenvalue weighted by Gasteiger charge is -2.30. The number of imide groups is 1. The van der Waals surface area contributed by atoms with Gasteiger partial charge in [0.2, 0.25) is 11.8 Å². The maximum atomic E-state index is 12.8. The molecule has 2 amide bonds. The van der Waals surface area contributed by atoms with Gasteiger partial charge in [-0.1, -0.05) is 24.3 Å². The monoisotopic (exact) mass is 425 g/mol. The lowest BCUT2D eigenvalue weighted by Crippen LogP contribution is -3.27. The summed E-state index contributed by atoms with van der Waals surface area (Å²) in [6.45, 7) is 6.57. The third kappa shape index (κ3) is 3.70. The highest BCUT2D eigenvalue weighted by atomic mass is 16.5. The van der Waals surface area contributed by atoms with E-state index in [2.05, 4.69) is 12.2 Å². The number of esters is 1. The van der Waals surface area contributed by atoms with Gasteiger partial charge in [-0.3, -0.25) is 14.5 Å². The lowest BCUT2D eigenvalue weighted by molar-refractivity contribution is -1.02. The van der Waals surface area contributed by atoms with Gasteiger partial charge in [0.05, 0.1) is 37.6 Å². The van der Waals surface area contributed by atoms with E-state index in [9.17, 15) is 14.4 Å². The van der Waals surface area contributed by atoms with Crippen molar-refractivity contribution in [3.8, 4) is 0 Å². The highest BCUT2D eigenvalue weighted by Crippen LogP contribution is 2.52. The first-order chi connectivity index (χ1) is 15.0. The number of quaternary nitrogens is 2. The average Bonchev–Trinajstić information content (AvgIpc) is 3.48. The van der Waals surface area contributed by atoms with Gasteiger partial charge in [-0.2, -0.15) is 0 Å². The van der Waals surface area contributed by atoms with E-state index in [1.807, 2.05) is 24.3 Å². The number of likely N-dealkylation sites (tertiary alicyclic amines) is 1. The Kier molecular flexibility index (Phi) is 5.40. The number of piperazine rings is 1. The van der Waals surface area contributed by atoms with Crippen LogP contribution < -0.4 is 9.80 Å². The molecule has 2 saturated heterocycles. The topological polar surface area (TPSA) is 72.6 Å². The molecule has 4 aliphatic rings. The number of ether oxygens (including phenoxy) is 1. The van der Waals surface area contributed by atoms with Crippen molar-refractivity contribution in [2.75, 3.05) is 46.4 Å². The van der Waals surface area contributed by atoms with Crippen LogP contribution in [-0.4, -0.2) is 69.1 Å². The summed E-state index contributed by atoms with van der Waals surface area (Å²) < 4.78 is 4.75. The standard InChI is InChI=1S/C24H29N3O4/c1-31-24(30)17-4-2-16(3-5-17)15-26-10-8-25(9-11-26)12-13-27-22(28)20-18-6-7-19(14-18)21(20)23(27)29/h2-7,18-21H,8-15H2,1H3/p+2/t18-,19+,20+,21-. The molecule has 2 bridgehead atoms. The molecular formula is C24H31N3O4+2. The van der Waals surface area contributed by atoms with Crippen molar-refractivity contribution in [3.63, 3.8) is 0 Å². The molecule has 31 heavy (non-hydrogen) atoms. The number of carbonyl (C=O) groups excluding carboxylic acids is 3. The van der Waals surface area contributed by atoms with Gasteiger partial charge >= 0.3 is 5.97 Å². The van der Waals surface area contributed by atoms with Crippen LogP contribution in [0.2, 0.25) is 0 Å². The Morgan fingerprint density at radius 1 is 0.968 bits per heavy atom. The number of amides is 2. The van der Waals surface area contributed by atoms with E-state index < -0.39 is 0 Å². The molecule has 5 rings (SSSR count). The van der Waals surface area contributed by atoms with E-state index in [-0.39, 0.29) is 41.5 Å². The zero-order valence-corrected chi connectivity index (χ0v) is 18.0. The molecule has 164 valence electrons. The second kappa shape index (κ2) is 8.20. The normalized spacial score (nSPS) is 33.8. The molecule has 2 N–H and O–H groups in total. The number of methoxy groups -OCH3 is 1. The fourth-order valence-corrected chi connectivity index (χ4v) is 6.00. The summed E-state index contributed by atoms with van der Waals surface area (Å²) in [5, 5.41) is 0. The van der Waals surface area contributed by atoms with Gasteiger partial charge in [0.25, 0.3) is 0 Å². The third-order valence-electron chi connectivity index (χ3n) is 7.74. The summed E-state index contributed by atoms with van der Waals surface area (Å²) in [6.07, 6.45) is 5.29. The molecule has 7 nitrogen and oxygen atoms in total. The van der Waals surface area contributed by atoms with Crippen LogP contribution in [0.3, 0.4) is 0 Å². The first-order valence-electron chi connectivity index (χ1n) is 11.4. The van der Waals surface area contributed by atoms with Crippen LogP contribution in [0.4, 0.5) is 0 Å². The number of hydrogen-bond donors (Lipinski definition) is 2. The molecule has 1 saturated carbocycles. The minimum absolute atomic E-state index is 0.0749. The van der Waals surface area contributed by atoms with E-state index in [1.165, 1.54) is 22.5 Å². The summed E-state index contributed by atoms with van der Waals surface area (Å²) in [4.78, 5) is 41.8. The van der Waals surface area contributed by atoms with Gasteiger partial charge in [-0.25, -0.2) is 4.79 Å². The van der Waals surface area contributed by atoms with Crippen molar-refractivity contribution in [3.05, 3.63) is 47.5 Å². The van der Waals surface area contributed by atoms with Crippen LogP contribution in [0.5, 0.6) is 0 Å². The maximum absolute atomic E-state index is 12.8. The summed E-state index contributed by atoms with van der Waals surface area (Å²) >= 11 is 0. The van der Waals surface area contributed by atoms with Gasteiger partial charge in [0, 0.05) is 5.56 Å². The van der Waals surface area contributed by atoms with E-state index >= 15 is 0 Å². The summed E-state index contributed by atoms with van der Waals surface area (Å²) in [5.41, 5.74) is 1.79.